The van der Waals surface area contributed by atoms with Crippen molar-refractivity contribution in [1.29, 1.82) is 0 Å². The Morgan fingerprint density at radius 1 is 1.44 bits per heavy atom. The molecule has 0 aliphatic heterocycles. The van der Waals surface area contributed by atoms with Gasteiger partial charge in [-0.05, 0) is 22.0 Å². The number of nitro groups is 1. The lowest BCUT2D eigenvalue weighted by molar-refractivity contribution is -0.383. The minimum Gasteiger partial charge on any atom is -0.364 e. The molecule has 6 nitrogen and oxygen atoms in total. The van der Waals surface area contributed by atoms with Gasteiger partial charge in [0.05, 0.1) is 10.3 Å². The Morgan fingerprint density at radius 2 is 2.11 bits per heavy atom. The number of carbonyl (C=O) groups is 1. The number of non-ortho nitro benzene ring substituents is 1. The van der Waals surface area contributed by atoms with Crippen LogP contribution >= 0.6 is 15.9 Å². The molecule has 2 N–H and O–H groups in total. The quantitative estimate of drug-likeness (QED) is 0.678. The largest absolute Gasteiger partial charge is 0.364 e. The molecule has 2 aromatic rings. The molecule has 0 radical (unpaired) electrons. The summed E-state index contributed by atoms with van der Waals surface area (Å²) in [5, 5.41) is 10.6. The number of nitro benzene ring substituents is 1. The maximum absolute atomic E-state index is 13.7. The molecule has 18 heavy (non-hydrogen) atoms. The molecule has 92 valence electrons. The van der Waals surface area contributed by atoms with Gasteiger partial charge in [0.2, 0.25) is 0 Å². The first kappa shape index (κ1) is 12.4. The van der Waals surface area contributed by atoms with Crippen molar-refractivity contribution >= 4 is 38.3 Å². The lowest BCUT2D eigenvalue weighted by atomic mass is 10.1. The highest BCUT2D eigenvalue weighted by Crippen LogP contribution is 2.34. The van der Waals surface area contributed by atoms with E-state index in [1.165, 1.54) is 6.20 Å². The summed E-state index contributed by atoms with van der Waals surface area (Å²) >= 11 is 3.04. The van der Waals surface area contributed by atoms with Crippen molar-refractivity contribution in [3.63, 3.8) is 0 Å². The van der Waals surface area contributed by atoms with Crippen molar-refractivity contribution in [2.24, 2.45) is 5.73 Å². The molecule has 1 amide bonds. The van der Waals surface area contributed by atoms with Gasteiger partial charge >= 0.3 is 0 Å². The highest BCUT2D eigenvalue weighted by atomic mass is 79.9. The molecule has 0 aliphatic carbocycles. The van der Waals surface area contributed by atoms with Crippen molar-refractivity contribution in [2.75, 3.05) is 0 Å². The summed E-state index contributed by atoms with van der Waals surface area (Å²) in [5.74, 6) is -1.66. The van der Waals surface area contributed by atoms with Crippen molar-refractivity contribution < 1.29 is 14.1 Å². The smallest absolute Gasteiger partial charge is 0.279 e. The number of fused-ring (bicyclic) bond motifs is 1. The lowest BCUT2D eigenvalue weighted by Crippen LogP contribution is -2.14. The van der Waals surface area contributed by atoms with Gasteiger partial charge < -0.3 is 5.73 Å². The molecule has 1 aromatic carbocycles. The molecular formula is C10H5BrFN3O3. The van der Waals surface area contributed by atoms with Gasteiger partial charge in [-0.2, -0.15) is 0 Å². The van der Waals surface area contributed by atoms with Gasteiger partial charge in [-0.15, -0.1) is 0 Å². The molecule has 0 saturated heterocycles. The average molecular weight is 314 g/mol. The molecular weight excluding hydrogens is 309 g/mol. The number of aromatic nitrogens is 1. The first-order valence-corrected chi connectivity index (χ1v) is 5.43. The van der Waals surface area contributed by atoms with E-state index in [2.05, 4.69) is 20.9 Å². The van der Waals surface area contributed by atoms with E-state index >= 15 is 0 Å². The van der Waals surface area contributed by atoms with Crippen LogP contribution in [-0.4, -0.2) is 15.8 Å². The van der Waals surface area contributed by atoms with E-state index in [4.69, 9.17) is 5.73 Å². The number of hydrogen-bond acceptors (Lipinski definition) is 4. The molecule has 0 bridgehead atoms. The standard InChI is InChI=1S/C10H5BrFN3O3/c11-4-3-14-9(10(13)16)8-6(15(17)18)2-1-5(12)7(4)8/h1-3H,(H2,13,16). The fourth-order valence-corrected chi connectivity index (χ4v) is 2.12. The van der Waals surface area contributed by atoms with Crippen molar-refractivity contribution in [1.82, 2.24) is 4.98 Å². The van der Waals surface area contributed by atoms with E-state index in [-0.39, 0.29) is 20.9 Å². The molecule has 0 spiro atoms. The summed E-state index contributed by atoms with van der Waals surface area (Å²) in [7, 11) is 0. The monoisotopic (exact) mass is 313 g/mol. The molecule has 0 fully saturated rings. The number of nitrogens with two attached hydrogens (primary N) is 1. The van der Waals surface area contributed by atoms with E-state index in [1.54, 1.807) is 0 Å². The summed E-state index contributed by atoms with van der Waals surface area (Å²) in [4.78, 5) is 25.1. The Balaban J connectivity index is 3.06. The maximum Gasteiger partial charge on any atom is 0.279 e. The summed E-state index contributed by atoms with van der Waals surface area (Å²) in [6.45, 7) is 0. The first-order chi connectivity index (χ1) is 8.43. The second kappa shape index (κ2) is 4.30. The van der Waals surface area contributed by atoms with Gasteiger partial charge in [0, 0.05) is 22.1 Å². The molecule has 8 heteroatoms. The molecule has 0 unspecified atom stereocenters. The second-order valence-corrected chi connectivity index (χ2v) is 4.25. The zero-order chi connectivity index (χ0) is 13.4. The third-order valence-corrected chi connectivity index (χ3v) is 2.95. The Hall–Kier alpha value is -2.09. The predicted molar refractivity (Wildman–Crippen MR) is 64.6 cm³/mol. The zero-order valence-corrected chi connectivity index (χ0v) is 10.3. The van der Waals surface area contributed by atoms with Gasteiger partial charge in [0.1, 0.15) is 11.5 Å². The van der Waals surface area contributed by atoms with Gasteiger partial charge in [-0.25, -0.2) is 9.37 Å². The minimum absolute atomic E-state index is 0.0898. The highest BCUT2D eigenvalue weighted by molar-refractivity contribution is 9.10. The molecule has 1 heterocycles. The molecule has 1 aromatic heterocycles. The zero-order valence-electron chi connectivity index (χ0n) is 8.68. The van der Waals surface area contributed by atoms with E-state index in [0.717, 1.165) is 12.1 Å². The van der Waals surface area contributed by atoms with Gasteiger partial charge in [0.25, 0.3) is 11.6 Å². The van der Waals surface area contributed by atoms with Crippen LogP contribution in [0.2, 0.25) is 0 Å². The number of rotatable bonds is 2. The number of carbonyl (C=O) groups excluding carboxylic acids is 1. The summed E-state index contributed by atoms with van der Waals surface area (Å²) in [6, 6.07) is 1.92. The van der Waals surface area contributed by atoms with Crippen molar-refractivity contribution in [3.05, 3.63) is 44.4 Å². The van der Waals surface area contributed by atoms with Crippen LogP contribution in [0.4, 0.5) is 10.1 Å². The van der Waals surface area contributed by atoms with Crippen LogP contribution in [-0.2, 0) is 0 Å². The first-order valence-electron chi connectivity index (χ1n) is 4.64. The summed E-state index contributed by atoms with van der Waals surface area (Å²) < 4.78 is 13.9. The van der Waals surface area contributed by atoms with Gasteiger partial charge in [-0.3, -0.25) is 14.9 Å². The molecule has 0 aliphatic rings. The number of hydrogen-bond donors (Lipinski definition) is 1. The van der Waals surface area contributed by atoms with Crippen molar-refractivity contribution in [2.45, 2.75) is 0 Å². The highest BCUT2D eigenvalue weighted by Gasteiger charge is 2.23. The average Bonchev–Trinajstić information content (AvgIpc) is 2.28. The van der Waals surface area contributed by atoms with Crippen LogP contribution in [0.1, 0.15) is 10.5 Å². The fourth-order valence-electron chi connectivity index (χ4n) is 1.63. The third-order valence-electron chi connectivity index (χ3n) is 2.35. The van der Waals surface area contributed by atoms with Gasteiger partial charge in [0.15, 0.2) is 0 Å². The van der Waals surface area contributed by atoms with Crippen LogP contribution in [0, 0.1) is 15.9 Å². The van der Waals surface area contributed by atoms with E-state index < -0.39 is 22.3 Å². The van der Waals surface area contributed by atoms with E-state index in [9.17, 15) is 19.3 Å². The Morgan fingerprint density at radius 3 is 2.67 bits per heavy atom. The van der Waals surface area contributed by atoms with Crippen LogP contribution in [0.25, 0.3) is 10.8 Å². The summed E-state index contributed by atoms with van der Waals surface area (Å²) in [5.41, 5.74) is 4.33. The SMILES string of the molecule is NC(=O)c1ncc(Br)c2c(F)ccc([N+](=O)[O-])c12. The minimum atomic E-state index is -0.957. The Kier molecular flexibility index (Phi) is 2.95. The Bertz CT molecular complexity index is 635. The normalized spacial score (nSPS) is 10.6. The molecule has 2 rings (SSSR count). The maximum atomic E-state index is 13.7. The van der Waals surface area contributed by atoms with Gasteiger partial charge in [-0.1, -0.05) is 0 Å². The predicted octanol–water partition coefficient (Wildman–Crippen LogP) is 2.14. The van der Waals surface area contributed by atoms with E-state index in [1.807, 2.05) is 0 Å². The van der Waals surface area contributed by atoms with Crippen LogP contribution in [0.3, 0.4) is 0 Å². The lowest BCUT2D eigenvalue weighted by Gasteiger charge is -2.06. The van der Waals surface area contributed by atoms with Crippen LogP contribution in [0.5, 0.6) is 0 Å². The van der Waals surface area contributed by atoms with Crippen molar-refractivity contribution in [3.8, 4) is 0 Å². The Labute approximate surface area is 108 Å². The number of primary amides is 1. The van der Waals surface area contributed by atoms with Crippen LogP contribution in [0.15, 0.2) is 22.8 Å². The number of halogens is 2. The third kappa shape index (κ3) is 1.80. The number of pyridine rings is 1. The summed E-state index contributed by atoms with van der Waals surface area (Å²) in [6.07, 6.45) is 1.18. The molecule has 0 atom stereocenters. The fraction of sp³-hybridized carbons (Fsp3) is 0. The van der Waals surface area contributed by atoms with Crippen LogP contribution < -0.4 is 5.73 Å². The number of benzene rings is 1. The molecule has 0 saturated carbocycles. The van der Waals surface area contributed by atoms with E-state index in [0.29, 0.717) is 0 Å². The number of amides is 1. The topological polar surface area (TPSA) is 99.1 Å². The number of nitrogens with zero attached hydrogens (tertiary/aromatic N) is 2. The second-order valence-electron chi connectivity index (χ2n) is 3.39.